The van der Waals surface area contributed by atoms with Gasteiger partial charge in [0.15, 0.2) is 0 Å². The first-order chi connectivity index (χ1) is 15.7. The van der Waals surface area contributed by atoms with E-state index >= 15 is 0 Å². The predicted molar refractivity (Wildman–Crippen MR) is 85.3 cm³/mol. The summed E-state index contributed by atoms with van der Waals surface area (Å²) in [6.45, 7) is 0. The topological polar surface area (TPSA) is 277 Å². The molecular weight excluding hydrogens is 754 g/mol. The van der Waals surface area contributed by atoms with Crippen molar-refractivity contribution in [3.8, 4) is 0 Å². The molecule has 6 bridgehead atoms. The van der Waals surface area contributed by atoms with E-state index < -0.39 is 87.9 Å². The summed E-state index contributed by atoms with van der Waals surface area (Å²) in [6, 6.07) is 0. The molecule has 0 spiro atoms. The van der Waals surface area contributed by atoms with E-state index in [1.54, 1.807) is 0 Å². The molecule has 0 aliphatic carbocycles. The van der Waals surface area contributed by atoms with Crippen molar-refractivity contribution >= 4 is 87.9 Å². The third kappa shape index (κ3) is 11.2. The average molecular weight is 754 g/mol. The molecule has 6 heterocycles. The van der Waals surface area contributed by atoms with Gasteiger partial charge in [-0.25, -0.2) is 0 Å². The molecule has 0 saturated carbocycles. The molecule has 0 amide bonds. The minimum Gasteiger partial charge on any atom is -0.833 e. The van der Waals surface area contributed by atoms with Gasteiger partial charge in [-0.2, -0.15) is 0 Å². The second-order valence-corrected chi connectivity index (χ2v) is 5.51. The van der Waals surface area contributed by atoms with Crippen LogP contribution in [0.1, 0.15) is 0 Å². The van der Waals surface area contributed by atoms with E-state index in [0.717, 1.165) is 0 Å². The van der Waals surface area contributed by atoms with Crippen molar-refractivity contribution in [3.63, 3.8) is 0 Å². The monoisotopic (exact) mass is 752 g/mol. The Balaban J connectivity index is 0.000000180. The molecule has 6 aliphatic rings. The fourth-order valence-electron chi connectivity index (χ4n) is 2.13. The van der Waals surface area contributed by atoms with Crippen LogP contribution in [0.4, 0.5) is 0 Å². The van der Waals surface area contributed by atoms with Gasteiger partial charge in [0, 0.05) is 0 Å². The Morgan fingerprint density at radius 1 is 0.229 bits per heavy atom. The molecule has 2 radical (unpaired) electrons. The van der Waals surface area contributed by atoms with Crippen molar-refractivity contribution in [3.05, 3.63) is 0 Å². The number of hydrogen-bond donors (Lipinski definition) is 0. The largest absolute Gasteiger partial charge is 3.00 e. The molecular formula is B12Nd2O21. The van der Waals surface area contributed by atoms with E-state index in [2.05, 4.69) is 68.6 Å². The maximum Gasteiger partial charge on any atom is 3.00 e. The molecule has 35 heteroatoms. The first-order valence-electron chi connectivity index (χ1n) is 8.49. The normalized spacial score (nSPS) is 23.1. The fraction of sp³-hybridized carbons (Fsp3) is 0. The zero-order valence-corrected chi connectivity index (χ0v) is 22.9. The first kappa shape index (κ1) is 33.8. The minimum atomic E-state index is -1.73. The molecule has 0 unspecified atom stereocenters. The van der Waals surface area contributed by atoms with Gasteiger partial charge in [-0.15, -0.1) is 0 Å². The van der Waals surface area contributed by atoms with Crippen LogP contribution in [0.15, 0.2) is 0 Å². The van der Waals surface area contributed by atoms with Gasteiger partial charge in [0.05, 0.1) is 0 Å². The summed E-state index contributed by atoms with van der Waals surface area (Å²) < 4.78 is 65.6. The van der Waals surface area contributed by atoms with Crippen LogP contribution in [0.25, 0.3) is 0 Å². The number of fused-ring (bicyclic) bond motifs is 6. The second-order valence-electron chi connectivity index (χ2n) is 5.51. The van der Waals surface area contributed by atoms with Crippen LogP contribution in [0.2, 0.25) is 0 Å². The Hall–Kier alpha value is 2.64. The Bertz CT molecular complexity index is 439. The molecule has 0 N–H and O–H groups in total. The summed E-state index contributed by atoms with van der Waals surface area (Å²) in [6.07, 6.45) is 0. The minimum absolute atomic E-state index is 0. The summed E-state index contributed by atoms with van der Waals surface area (Å²) in [7, 11) is -18.0. The van der Waals surface area contributed by atoms with E-state index in [0.29, 0.717) is 0 Å². The van der Waals surface area contributed by atoms with Gasteiger partial charge < -0.3 is 98.7 Å². The van der Waals surface area contributed by atoms with Crippen LogP contribution in [0.5, 0.6) is 0 Å². The van der Waals surface area contributed by atoms with Crippen LogP contribution >= 0.6 is 0 Å². The molecule has 0 aromatic heterocycles. The average Bonchev–Trinajstić information content (AvgIpc) is 2.65. The van der Waals surface area contributed by atoms with Gasteiger partial charge in [-0.1, -0.05) is 0 Å². The molecule has 0 aromatic rings. The standard InChI is InChI=1S/3B4O7.2Nd/c3*5-1-7-3-9-2(6)10-4(8-1)11-3;;/q3*-2;2*+3. The fourth-order valence-corrected chi connectivity index (χ4v) is 2.13. The number of hydrogen-bond acceptors (Lipinski definition) is 21. The molecule has 6 aliphatic heterocycles. The molecule has 0 atom stereocenters. The first-order valence-corrected chi connectivity index (χ1v) is 8.49. The van der Waals surface area contributed by atoms with Crippen molar-refractivity contribution in [2.45, 2.75) is 0 Å². The van der Waals surface area contributed by atoms with Gasteiger partial charge in [0.1, 0.15) is 0 Å². The summed E-state index contributed by atoms with van der Waals surface area (Å²) >= 11 is 0. The van der Waals surface area contributed by atoms with Gasteiger partial charge >= 0.3 is 170 Å². The van der Waals surface area contributed by atoms with Crippen LogP contribution in [0.3, 0.4) is 0 Å². The van der Waals surface area contributed by atoms with E-state index in [9.17, 15) is 30.1 Å². The van der Waals surface area contributed by atoms with E-state index in [1.807, 2.05) is 0 Å². The van der Waals surface area contributed by atoms with Gasteiger partial charge in [0.2, 0.25) is 0 Å². The van der Waals surface area contributed by atoms with Crippen molar-refractivity contribution in [2.75, 3.05) is 0 Å². The molecule has 21 nitrogen and oxygen atoms in total. The van der Waals surface area contributed by atoms with E-state index in [4.69, 9.17) is 0 Å². The van der Waals surface area contributed by atoms with Crippen molar-refractivity contribution in [2.24, 2.45) is 0 Å². The Labute approximate surface area is 265 Å². The zero-order valence-electron chi connectivity index (χ0n) is 16.5. The van der Waals surface area contributed by atoms with Crippen LogP contribution in [-0.2, 0) is 68.6 Å². The molecule has 170 valence electrons. The van der Waals surface area contributed by atoms with Crippen molar-refractivity contribution in [1.29, 1.82) is 0 Å². The second kappa shape index (κ2) is 16.2. The van der Waals surface area contributed by atoms with E-state index in [1.165, 1.54) is 0 Å². The quantitative estimate of drug-likeness (QED) is 0.208. The van der Waals surface area contributed by atoms with Crippen LogP contribution in [-0.4, -0.2) is 87.9 Å². The van der Waals surface area contributed by atoms with Crippen LogP contribution in [0, 0.1) is 81.7 Å². The maximum absolute atomic E-state index is 10.5. The van der Waals surface area contributed by atoms with Gasteiger partial charge in [-0.3, -0.25) is 0 Å². The Morgan fingerprint density at radius 2 is 0.343 bits per heavy atom. The molecule has 6 saturated heterocycles. The van der Waals surface area contributed by atoms with E-state index in [-0.39, 0.29) is 81.7 Å². The summed E-state index contributed by atoms with van der Waals surface area (Å²) in [5.41, 5.74) is 0. The third-order valence-corrected chi connectivity index (χ3v) is 3.33. The van der Waals surface area contributed by atoms with Crippen molar-refractivity contribution < 1.29 is 180 Å². The predicted octanol–water partition coefficient (Wildman–Crippen LogP) is -12.7. The molecule has 0 aromatic carbocycles. The van der Waals surface area contributed by atoms with Crippen molar-refractivity contribution in [1.82, 2.24) is 0 Å². The molecule has 35 heavy (non-hydrogen) atoms. The zero-order chi connectivity index (χ0) is 23.5. The Morgan fingerprint density at radius 3 is 0.457 bits per heavy atom. The van der Waals surface area contributed by atoms with Gasteiger partial charge in [-0.05, 0) is 0 Å². The summed E-state index contributed by atoms with van der Waals surface area (Å²) in [5, 5.41) is 62.9. The number of rotatable bonds is 0. The SMILES string of the molecule is [Nd+3].[Nd+3].[O-]B1OB2OB([O-])OB(O1)O2.[O-]B1OB2OB([O-])OB(O1)O2.[O-]B1OB2OB([O-])OB(O1)O2. The van der Waals surface area contributed by atoms with Crippen LogP contribution < -0.4 is 30.1 Å². The maximum atomic E-state index is 10.5. The molecule has 6 rings (SSSR count). The summed E-state index contributed by atoms with van der Waals surface area (Å²) in [4.78, 5) is 0. The summed E-state index contributed by atoms with van der Waals surface area (Å²) in [5.74, 6) is 0. The third-order valence-electron chi connectivity index (χ3n) is 3.33. The Kier molecular flexibility index (Phi) is 15.6. The molecule has 6 fully saturated rings. The van der Waals surface area contributed by atoms with Gasteiger partial charge in [0.25, 0.3) is 0 Å². The smallest absolute Gasteiger partial charge is 0.833 e.